The van der Waals surface area contributed by atoms with E-state index in [1.165, 1.54) is 70.6 Å². The van der Waals surface area contributed by atoms with Crippen LogP contribution >= 0.6 is 0 Å². The predicted molar refractivity (Wildman–Crippen MR) is 143 cm³/mol. The Balaban J connectivity index is 1.62. The molecule has 2 heterocycles. The maximum absolute atomic E-state index is 10.6. The van der Waals surface area contributed by atoms with Crippen molar-refractivity contribution < 1.29 is 54.7 Å². The van der Waals surface area contributed by atoms with Crippen LogP contribution in [0.15, 0.2) is 0 Å². The van der Waals surface area contributed by atoms with Crippen molar-refractivity contribution in [3.63, 3.8) is 0 Å². The molecule has 2 aliphatic heterocycles. The number of aliphatic hydroxyl groups excluding tert-OH is 7. The number of rotatable bonds is 20. The Morgan fingerprint density at radius 2 is 0.974 bits per heavy atom. The van der Waals surface area contributed by atoms with Crippen molar-refractivity contribution in [3.05, 3.63) is 0 Å². The number of aliphatic hydroxyl groups is 7. The number of hydrogen-bond acceptors (Lipinski definition) is 11. The first kappa shape index (κ1) is 34.8. The Hall–Kier alpha value is -0.440. The number of hydrogen-bond donors (Lipinski definition) is 7. The highest BCUT2D eigenvalue weighted by Crippen LogP contribution is 2.29. The zero-order valence-electron chi connectivity index (χ0n) is 23.6. The van der Waals surface area contributed by atoms with E-state index in [1.807, 2.05) is 0 Å². The molecule has 11 nitrogen and oxygen atoms in total. The molecule has 2 fully saturated rings. The minimum absolute atomic E-state index is 0.322. The molecule has 11 heteroatoms. The lowest BCUT2D eigenvalue weighted by Crippen LogP contribution is -2.64. The van der Waals surface area contributed by atoms with E-state index in [2.05, 4.69) is 6.92 Å². The molecule has 0 aromatic carbocycles. The summed E-state index contributed by atoms with van der Waals surface area (Å²) in [7, 11) is 0. The maximum Gasteiger partial charge on any atom is 0.187 e. The van der Waals surface area contributed by atoms with Gasteiger partial charge in [-0.2, -0.15) is 0 Å². The third-order valence-corrected chi connectivity index (χ3v) is 7.74. The summed E-state index contributed by atoms with van der Waals surface area (Å²) in [6.07, 6.45) is 2.97. The highest BCUT2D eigenvalue weighted by molar-refractivity contribution is 4.94. The molecule has 39 heavy (non-hydrogen) atoms. The van der Waals surface area contributed by atoms with Gasteiger partial charge in [-0.05, 0) is 6.42 Å². The standard InChI is InChI=1S/C28H54O11/c1-2-3-4-5-6-7-8-9-10-11-12-13-14-15-16-36-27-25(35)23(33)26(20(18-30)38-27)39-28-24(34)22(32)21(31)19(17-29)37-28/h19-35H,2-18H2,1H3/t19-,20-,21-,22+,23-,24+,25+,26-,27-,28-/m1/s1. The van der Waals surface area contributed by atoms with Crippen LogP contribution in [0.5, 0.6) is 0 Å². The summed E-state index contributed by atoms with van der Waals surface area (Å²) in [5, 5.41) is 70.4. The molecule has 0 unspecified atom stereocenters. The fourth-order valence-electron chi connectivity index (χ4n) is 5.19. The molecule has 2 saturated heterocycles. The summed E-state index contributed by atoms with van der Waals surface area (Å²) in [4.78, 5) is 0. The van der Waals surface area contributed by atoms with Gasteiger partial charge in [-0.25, -0.2) is 0 Å². The summed E-state index contributed by atoms with van der Waals surface area (Å²) in [5.74, 6) is 0. The van der Waals surface area contributed by atoms with Crippen molar-refractivity contribution in [1.29, 1.82) is 0 Å². The normalized spacial score (nSPS) is 35.4. The maximum atomic E-state index is 10.6. The Morgan fingerprint density at radius 3 is 1.49 bits per heavy atom. The highest BCUT2D eigenvalue weighted by atomic mass is 16.7. The van der Waals surface area contributed by atoms with Gasteiger partial charge in [-0.15, -0.1) is 0 Å². The van der Waals surface area contributed by atoms with Gasteiger partial charge >= 0.3 is 0 Å². The van der Waals surface area contributed by atoms with Crippen LogP contribution in [0, 0.1) is 0 Å². The van der Waals surface area contributed by atoms with Gasteiger partial charge in [-0.3, -0.25) is 0 Å². The lowest BCUT2D eigenvalue weighted by atomic mass is 9.97. The lowest BCUT2D eigenvalue weighted by Gasteiger charge is -2.45. The molecular weight excluding hydrogens is 512 g/mol. The van der Waals surface area contributed by atoms with Gasteiger partial charge in [0.2, 0.25) is 0 Å². The van der Waals surface area contributed by atoms with E-state index in [0.29, 0.717) is 6.61 Å². The van der Waals surface area contributed by atoms with Crippen LogP contribution in [0.25, 0.3) is 0 Å². The third kappa shape index (κ3) is 11.4. The van der Waals surface area contributed by atoms with E-state index in [0.717, 1.165) is 19.3 Å². The third-order valence-electron chi connectivity index (χ3n) is 7.74. The van der Waals surface area contributed by atoms with Crippen molar-refractivity contribution >= 4 is 0 Å². The fourth-order valence-corrected chi connectivity index (χ4v) is 5.19. The fraction of sp³-hybridized carbons (Fsp3) is 1.00. The Bertz CT molecular complexity index is 608. The molecule has 0 bridgehead atoms. The van der Waals surface area contributed by atoms with Crippen LogP contribution in [0.3, 0.4) is 0 Å². The average molecular weight is 567 g/mol. The largest absolute Gasteiger partial charge is 0.394 e. The van der Waals surface area contributed by atoms with Gasteiger partial charge in [-0.1, -0.05) is 90.4 Å². The first-order valence-corrected chi connectivity index (χ1v) is 15.1. The van der Waals surface area contributed by atoms with E-state index < -0.39 is 74.6 Å². The molecule has 0 aromatic heterocycles. The van der Waals surface area contributed by atoms with Gasteiger partial charge in [0.25, 0.3) is 0 Å². The van der Waals surface area contributed by atoms with Crippen molar-refractivity contribution in [2.24, 2.45) is 0 Å². The topological polar surface area (TPSA) is 179 Å². The molecule has 0 saturated carbocycles. The summed E-state index contributed by atoms with van der Waals surface area (Å²) < 4.78 is 22.1. The van der Waals surface area contributed by atoms with Crippen LogP contribution in [-0.4, -0.2) is 117 Å². The van der Waals surface area contributed by atoms with Crippen molar-refractivity contribution in [1.82, 2.24) is 0 Å². The summed E-state index contributed by atoms with van der Waals surface area (Å²) >= 11 is 0. The van der Waals surface area contributed by atoms with Gasteiger partial charge in [0.05, 0.1) is 13.2 Å². The van der Waals surface area contributed by atoms with Gasteiger partial charge in [0, 0.05) is 6.61 Å². The van der Waals surface area contributed by atoms with Gasteiger partial charge in [0.1, 0.15) is 48.8 Å². The molecule has 0 radical (unpaired) electrons. The summed E-state index contributed by atoms with van der Waals surface area (Å²) in [6, 6.07) is 0. The van der Waals surface area contributed by atoms with Crippen molar-refractivity contribution in [2.45, 2.75) is 158 Å². The van der Waals surface area contributed by atoms with Crippen molar-refractivity contribution in [2.75, 3.05) is 19.8 Å². The number of ether oxygens (including phenoxy) is 4. The minimum Gasteiger partial charge on any atom is -0.394 e. The molecule has 0 aliphatic carbocycles. The first-order chi connectivity index (χ1) is 18.8. The quantitative estimate of drug-likeness (QED) is 0.105. The van der Waals surface area contributed by atoms with E-state index >= 15 is 0 Å². The molecule has 232 valence electrons. The van der Waals surface area contributed by atoms with E-state index in [9.17, 15) is 35.7 Å². The van der Waals surface area contributed by atoms with E-state index in [4.69, 9.17) is 18.9 Å². The van der Waals surface area contributed by atoms with Gasteiger partial charge < -0.3 is 54.7 Å². The Morgan fingerprint density at radius 1 is 0.513 bits per heavy atom. The van der Waals surface area contributed by atoms with Crippen LogP contribution in [-0.2, 0) is 18.9 Å². The van der Waals surface area contributed by atoms with Crippen LogP contribution in [0.2, 0.25) is 0 Å². The Kier molecular flexibility index (Phi) is 17.5. The van der Waals surface area contributed by atoms with E-state index in [1.54, 1.807) is 0 Å². The monoisotopic (exact) mass is 566 g/mol. The zero-order valence-corrected chi connectivity index (χ0v) is 23.6. The smallest absolute Gasteiger partial charge is 0.187 e. The molecular formula is C28H54O11. The molecule has 7 N–H and O–H groups in total. The Labute approximate surface area is 233 Å². The lowest BCUT2D eigenvalue weighted by molar-refractivity contribution is -0.359. The molecule has 2 aliphatic rings. The second kappa shape index (κ2) is 19.6. The van der Waals surface area contributed by atoms with Crippen LogP contribution < -0.4 is 0 Å². The van der Waals surface area contributed by atoms with Crippen molar-refractivity contribution in [3.8, 4) is 0 Å². The van der Waals surface area contributed by atoms with Crippen LogP contribution in [0.1, 0.15) is 96.8 Å². The average Bonchev–Trinajstić information content (AvgIpc) is 2.94. The van der Waals surface area contributed by atoms with E-state index in [-0.39, 0.29) is 0 Å². The van der Waals surface area contributed by atoms with Crippen LogP contribution in [0.4, 0.5) is 0 Å². The highest BCUT2D eigenvalue weighted by Gasteiger charge is 2.50. The summed E-state index contributed by atoms with van der Waals surface area (Å²) in [6.45, 7) is 1.34. The zero-order chi connectivity index (χ0) is 28.6. The molecule has 0 amide bonds. The second-order valence-corrected chi connectivity index (χ2v) is 11.0. The summed E-state index contributed by atoms with van der Waals surface area (Å²) in [5.41, 5.74) is 0. The predicted octanol–water partition coefficient (Wildman–Crippen LogP) is 1.11. The second-order valence-electron chi connectivity index (χ2n) is 11.0. The number of unbranched alkanes of at least 4 members (excludes halogenated alkanes) is 13. The molecule has 10 atom stereocenters. The molecule has 0 spiro atoms. The molecule has 2 rings (SSSR count). The first-order valence-electron chi connectivity index (χ1n) is 15.1. The molecule has 0 aromatic rings. The van der Waals surface area contributed by atoms with Gasteiger partial charge in [0.15, 0.2) is 12.6 Å². The minimum atomic E-state index is -1.69. The SMILES string of the molecule is CCCCCCCCCCCCCCCCO[C@@H]1O[C@H](CO)[C@@H](O[C@H]2O[C@H](CO)[C@@H](O)[C@H](O)[C@@H]2O)[C@H](O)[C@@H]1O.